The second-order valence-electron chi connectivity index (χ2n) is 10.6. The third kappa shape index (κ3) is 7.21. The molecule has 1 aliphatic heterocycles. The molecular formula is C27H32Cl2F3N5O4. The number of halogens is 5. The number of hydrogen-bond donors (Lipinski definition) is 2. The van der Waals surface area contributed by atoms with Crippen LogP contribution >= 0.6 is 23.2 Å². The minimum absolute atomic E-state index is 0.168. The van der Waals surface area contributed by atoms with Gasteiger partial charge >= 0.3 is 6.18 Å². The zero-order chi connectivity index (χ0) is 30.8. The zero-order valence-electron chi connectivity index (χ0n) is 23.2. The van der Waals surface area contributed by atoms with E-state index in [0.717, 1.165) is 0 Å². The van der Waals surface area contributed by atoms with Gasteiger partial charge in [0, 0.05) is 11.6 Å². The molecule has 3 atom stereocenters. The maximum Gasteiger partial charge on any atom is 0.452 e. The fraction of sp³-hybridized carbons (Fsp3) is 0.519. The number of carbonyl (C=O) groups excluding carboxylic acids is 4. The van der Waals surface area contributed by atoms with E-state index in [-0.39, 0.29) is 18.5 Å². The molecule has 1 aromatic carbocycles. The topological polar surface area (TPSA) is 113 Å². The number of nitrogens with zero attached hydrogens (tertiary/aromatic N) is 3. The van der Waals surface area contributed by atoms with Gasteiger partial charge in [-0.2, -0.15) is 18.3 Å². The molecule has 1 fully saturated rings. The van der Waals surface area contributed by atoms with E-state index in [9.17, 15) is 32.3 Å². The van der Waals surface area contributed by atoms with Gasteiger partial charge in [-0.1, -0.05) is 50.9 Å². The number of aromatic nitrogens is 2. The van der Waals surface area contributed by atoms with Gasteiger partial charge in [-0.3, -0.25) is 19.2 Å². The van der Waals surface area contributed by atoms with Crippen molar-refractivity contribution >= 4 is 46.7 Å². The highest BCUT2D eigenvalue weighted by Crippen LogP contribution is 2.27. The van der Waals surface area contributed by atoms with Gasteiger partial charge in [-0.15, -0.1) is 0 Å². The molecule has 0 radical (unpaired) electrons. The molecule has 2 heterocycles. The quantitative estimate of drug-likeness (QED) is 0.430. The zero-order valence-corrected chi connectivity index (χ0v) is 24.7. The average molecular weight is 618 g/mol. The first-order chi connectivity index (χ1) is 19.0. The van der Waals surface area contributed by atoms with Crippen molar-refractivity contribution in [1.82, 2.24) is 25.3 Å². The SMILES string of the molecule is Cc1c(C(=O)N[C@H](C(=O)N2CCC[C@H]2C(=O)N[C@H](C(=O)C(F)(F)F)C(C)C)C(C)C)cnn1-c1ccc(Cl)cc1Cl. The minimum atomic E-state index is -5.12. The molecule has 9 nitrogen and oxygen atoms in total. The van der Waals surface area contributed by atoms with Crippen molar-refractivity contribution in [3.8, 4) is 5.69 Å². The van der Waals surface area contributed by atoms with Crippen LogP contribution in [0.2, 0.25) is 10.0 Å². The van der Waals surface area contributed by atoms with Crippen LogP contribution in [0.5, 0.6) is 0 Å². The maximum atomic E-state index is 13.6. The molecule has 1 saturated heterocycles. The number of nitrogens with one attached hydrogen (secondary N) is 2. The lowest BCUT2D eigenvalue weighted by atomic mass is 9.98. The van der Waals surface area contributed by atoms with Crippen LogP contribution in [0.25, 0.3) is 5.69 Å². The number of hydrogen-bond acceptors (Lipinski definition) is 5. The first kappa shape index (κ1) is 32.4. The molecule has 0 saturated carbocycles. The Morgan fingerprint density at radius 2 is 1.66 bits per heavy atom. The second kappa shape index (κ2) is 12.8. The summed E-state index contributed by atoms with van der Waals surface area (Å²) in [5.74, 6) is -5.26. The number of rotatable bonds is 9. The Bertz CT molecular complexity index is 1330. The molecule has 0 aliphatic carbocycles. The van der Waals surface area contributed by atoms with Crippen molar-refractivity contribution in [3.63, 3.8) is 0 Å². The highest BCUT2D eigenvalue weighted by molar-refractivity contribution is 6.35. The summed E-state index contributed by atoms with van der Waals surface area (Å²) in [6.45, 7) is 8.04. The van der Waals surface area contributed by atoms with Gasteiger partial charge in [0.05, 0.1) is 34.2 Å². The summed E-state index contributed by atoms with van der Waals surface area (Å²) in [5, 5.41) is 9.93. The molecule has 0 spiro atoms. The van der Waals surface area contributed by atoms with Gasteiger partial charge in [0.15, 0.2) is 0 Å². The molecule has 2 aromatic rings. The van der Waals surface area contributed by atoms with E-state index < -0.39 is 59.6 Å². The van der Waals surface area contributed by atoms with Gasteiger partial charge in [-0.25, -0.2) is 4.68 Å². The number of benzene rings is 1. The lowest BCUT2D eigenvalue weighted by molar-refractivity contribution is -0.175. The van der Waals surface area contributed by atoms with Crippen molar-refractivity contribution in [2.45, 2.75) is 71.8 Å². The lowest BCUT2D eigenvalue weighted by Gasteiger charge is -2.31. The van der Waals surface area contributed by atoms with Gasteiger partial charge in [-0.05, 0) is 49.8 Å². The number of ketones is 1. The Labute approximate surface area is 245 Å². The fourth-order valence-electron chi connectivity index (χ4n) is 4.70. The standard InChI is InChI=1S/C27H32Cl2F3N5O4/c1-13(2)21(23(38)27(30,31)32)34-25(40)20-7-6-10-36(20)26(41)22(14(3)4)35-24(39)17-12-33-37(15(17)5)19-9-8-16(28)11-18(19)29/h8-9,11-14,20-22H,6-7,10H2,1-5H3,(H,34,40)(H,35,39)/t20-,21-,22-/m0/s1. The third-order valence-corrected chi connectivity index (χ3v) is 7.51. The van der Waals surface area contributed by atoms with E-state index in [1.54, 1.807) is 32.9 Å². The molecule has 3 amide bonds. The predicted molar refractivity (Wildman–Crippen MR) is 147 cm³/mol. The van der Waals surface area contributed by atoms with Crippen LogP contribution in [0.15, 0.2) is 24.4 Å². The number of likely N-dealkylation sites (tertiary alicyclic amines) is 1. The van der Waals surface area contributed by atoms with Crippen LogP contribution < -0.4 is 10.6 Å². The summed E-state index contributed by atoms with van der Waals surface area (Å²) >= 11 is 12.3. The highest BCUT2D eigenvalue weighted by Gasteiger charge is 2.46. The first-order valence-electron chi connectivity index (χ1n) is 13.1. The molecular weight excluding hydrogens is 586 g/mol. The van der Waals surface area contributed by atoms with Gasteiger partial charge < -0.3 is 15.5 Å². The Hall–Kier alpha value is -3.12. The van der Waals surface area contributed by atoms with Crippen molar-refractivity contribution < 1.29 is 32.3 Å². The van der Waals surface area contributed by atoms with Crippen LogP contribution in [0.4, 0.5) is 13.2 Å². The molecule has 1 aromatic heterocycles. The third-order valence-electron chi connectivity index (χ3n) is 6.98. The minimum Gasteiger partial charge on any atom is -0.344 e. The number of alkyl halides is 3. The summed E-state index contributed by atoms with van der Waals surface area (Å²) < 4.78 is 40.7. The van der Waals surface area contributed by atoms with Crippen molar-refractivity contribution in [2.24, 2.45) is 11.8 Å². The molecule has 41 heavy (non-hydrogen) atoms. The monoisotopic (exact) mass is 617 g/mol. The maximum absolute atomic E-state index is 13.6. The largest absolute Gasteiger partial charge is 0.452 e. The summed E-state index contributed by atoms with van der Waals surface area (Å²) in [6.07, 6.45) is -3.15. The Morgan fingerprint density at radius 1 is 1.02 bits per heavy atom. The van der Waals surface area contributed by atoms with E-state index in [1.807, 2.05) is 0 Å². The number of Topliss-reactive ketones (excluding diaryl/α,β-unsaturated/α-hetero) is 1. The number of carbonyl (C=O) groups is 4. The number of amides is 3. The van der Waals surface area contributed by atoms with Crippen LogP contribution in [-0.4, -0.2) is 69.0 Å². The molecule has 2 N–H and O–H groups in total. The summed E-state index contributed by atoms with van der Waals surface area (Å²) in [4.78, 5) is 53.1. The summed E-state index contributed by atoms with van der Waals surface area (Å²) in [5.41, 5.74) is 1.14. The van der Waals surface area contributed by atoms with E-state index in [0.29, 0.717) is 27.8 Å². The predicted octanol–water partition coefficient (Wildman–Crippen LogP) is 4.51. The van der Waals surface area contributed by atoms with Crippen molar-refractivity contribution in [2.75, 3.05) is 6.54 Å². The fourth-order valence-corrected chi connectivity index (χ4v) is 5.19. The first-order valence-corrected chi connectivity index (χ1v) is 13.8. The molecule has 0 bridgehead atoms. The van der Waals surface area contributed by atoms with E-state index in [2.05, 4.69) is 15.7 Å². The van der Waals surface area contributed by atoms with Crippen LogP contribution in [0.1, 0.15) is 56.6 Å². The van der Waals surface area contributed by atoms with E-state index in [4.69, 9.17) is 23.2 Å². The van der Waals surface area contributed by atoms with Crippen molar-refractivity contribution in [1.29, 1.82) is 0 Å². The lowest BCUT2D eigenvalue weighted by Crippen LogP contribution is -2.58. The molecule has 3 rings (SSSR count). The summed E-state index contributed by atoms with van der Waals surface area (Å²) in [6, 6.07) is 0.904. The van der Waals surface area contributed by atoms with Gasteiger partial charge in [0.2, 0.25) is 11.8 Å². The van der Waals surface area contributed by atoms with Gasteiger partial charge in [0.25, 0.3) is 11.7 Å². The van der Waals surface area contributed by atoms with Crippen molar-refractivity contribution in [3.05, 3.63) is 45.7 Å². The Morgan fingerprint density at radius 3 is 2.22 bits per heavy atom. The highest BCUT2D eigenvalue weighted by atomic mass is 35.5. The smallest absolute Gasteiger partial charge is 0.344 e. The molecule has 1 aliphatic rings. The van der Waals surface area contributed by atoms with Gasteiger partial charge in [0.1, 0.15) is 12.1 Å². The van der Waals surface area contributed by atoms with Crippen LogP contribution in [0.3, 0.4) is 0 Å². The molecule has 224 valence electrons. The molecule has 0 unspecified atom stereocenters. The normalized spacial score (nSPS) is 17.1. The van der Waals surface area contributed by atoms with Crippen LogP contribution in [-0.2, 0) is 14.4 Å². The Kier molecular flexibility index (Phi) is 10.1. The second-order valence-corrected chi connectivity index (χ2v) is 11.5. The summed E-state index contributed by atoms with van der Waals surface area (Å²) in [7, 11) is 0. The van der Waals surface area contributed by atoms with E-state index in [1.165, 1.54) is 35.7 Å². The van der Waals surface area contributed by atoms with E-state index >= 15 is 0 Å². The Balaban J connectivity index is 1.79. The average Bonchev–Trinajstić information content (AvgIpc) is 3.51. The molecule has 14 heteroatoms. The van der Waals surface area contributed by atoms with Crippen LogP contribution in [0, 0.1) is 18.8 Å².